The first-order valence-corrected chi connectivity index (χ1v) is 6.26. The summed E-state index contributed by atoms with van der Waals surface area (Å²) in [5.74, 6) is 0.733. The van der Waals surface area contributed by atoms with Gasteiger partial charge in [0, 0.05) is 12.2 Å². The van der Waals surface area contributed by atoms with Crippen LogP contribution in [0.2, 0.25) is 0 Å². The molecular formula is C8H14N4OS2. The Bertz CT molecular complexity index is 350. The zero-order valence-corrected chi connectivity index (χ0v) is 10.3. The van der Waals surface area contributed by atoms with Crippen LogP contribution in [0.25, 0.3) is 0 Å². The fraction of sp³-hybridized carbons (Fsp3) is 0.625. The lowest BCUT2D eigenvalue weighted by atomic mass is 10.1. The van der Waals surface area contributed by atoms with Crippen molar-refractivity contribution in [2.45, 2.75) is 30.1 Å². The molecule has 0 radical (unpaired) electrons. The van der Waals surface area contributed by atoms with E-state index in [1.54, 1.807) is 6.92 Å². The molecule has 0 saturated carbocycles. The van der Waals surface area contributed by atoms with Crippen LogP contribution in [-0.4, -0.2) is 26.6 Å². The minimum Gasteiger partial charge on any atom is -0.368 e. The lowest BCUT2D eigenvalue weighted by molar-refractivity contribution is -0.121. The molecule has 7 heteroatoms. The number of primary amides is 1. The molecule has 1 atom stereocenters. The first kappa shape index (κ1) is 12.4. The molecule has 1 aromatic heterocycles. The van der Waals surface area contributed by atoms with Gasteiger partial charge in [-0.25, -0.2) is 4.98 Å². The van der Waals surface area contributed by atoms with E-state index in [2.05, 4.69) is 9.36 Å². The zero-order valence-electron chi connectivity index (χ0n) is 8.69. The van der Waals surface area contributed by atoms with Crippen molar-refractivity contribution < 1.29 is 4.79 Å². The van der Waals surface area contributed by atoms with E-state index in [1.165, 1.54) is 23.3 Å². The predicted octanol–water partition coefficient (Wildman–Crippen LogP) is 0.395. The predicted molar refractivity (Wildman–Crippen MR) is 61.8 cm³/mol. The van der Waals surface area contributed by atoms with Gasteiger partial charge in [0.15, 0.2) is 4.34 Å². The van der Waals surface area contributed by atoms with E-state index in [0.717, 1.165) is 16.6 Å². The van der Waals surface area contributed by atoms with Crippen LogP contribution < -0.4 is 11.5 Å². The van der Waals surface area contributed by atoms with Gasteiger partial charge in [0.2, 0.25) is 5.91 Å². The van der Waals surface area contributed by atoms with Crippen molar-refractivity contribution in [3.8, 4) is 0 Å². The van der Waals surface area contributed by atoms with Crippen molar-refractivity contribution in [1.82, 2.24) is 9.36 Å². The fourth-order valence-corrected chi connectivity index (χ4v) is 2.46. The number of aryl methyl sites for hydroxylation is 1. The third-order valence-electron chi connectivity index (χ3n) is 1.82. The second kappa shape index (κ2) is 4.91. The van der Waals surface area contributed by atoms with Crippen LogP contribution in [0, 0.1) is 0 Å². The van der Waals surface area contributed by atoms with Gasteiger partial charge in [-0.05, 0) is 18.5 Å². The van der Waals surface area contributed by atoms with Gasteiger partial charge in [-0.15, -0.1) is 0 Å². The number of amides is 1. The van der Waals surface area contributed by atoms with Crippen LogP contribution in [0.15, 0.2) is 4.34 Å². The smallest absolute Gasteiger partial charge is 0.238 e. The standard InChI is InChI=1S/C8H14N4OS2/c1-3-5-11-7(15-12-5)14-4-8(2,10)6(9)13/h3-4,10H2,1-2H3,(H2,9,13). The van der Waals surface area contributed by atoms with E-state index >= 15 is 0 Å². The molecule has 0 saturated heterocycles. The number of carbonyl (C=O) groups excluding carboxylic acids is 1. The first-order chi connectivity index (χ1) is 6.95. The number of carbonyl (C=O) groups is 1. The molecule has 5 nitrogen and oxygen atoms in total. The molecule has 84 valence electrons. The van der Waals surface area contributed by atoms with Gasteiger partial charge >= 0.3 is 0 Å². The summed E-state index contributed by atoms with van der Waals surface area (Å²) in [6.45, 7) is 3.61. The lowest BCUT2D eigenvalue weighted by Gasteiger charge is -2.18. The first-order valence-electron chi connectivity index (χ1n) is 4.50. The molecule has 0 aliphatic heterocycles. The zero-order chi connectivity index (χ0) is 11.5. The summed E-state index contributed by atoms with van der Waals surface area (Å²) in [6.07, 6.45) is 0.812. The third kappa shape index (κ3) is 3.44. The number of aromatic nitrogens is 2. The van der Waals surface area contributed by atoms with Gasteiger partial charge in [0.05, 0.1) is 0 Å². The van der Waals surface area contributed by atoms with Crippen molar-refractivity contribution in [2.24, 2.45) is 11.5 Å². The molecule has 15 heavy (non-hydrogen) atoms. The normalized spacial score (nSPS) is 14.9. The molecule has 0 spiro atoms. The number of rotatable bonds is 5. The quantitative estimate of drug-likeness (QED) is 0.733. The lowest BCUT2D eigenvalue weighted by Crippen LogP contribution is -2.51. The van der Waals surface area contributed by atoms with Crippen LogP contribution in [0.4, 0.5) is 0 Å². The maximum Gasteiger partial charge on any atom is 0.238 e. The molecule has 0 fully saturated rings. The molecule has 4 N–H and O–H groups in total. The van der Waals surface area contributed by atoms with E-state index in [-0.39, 0.29) is 0 Å². The number of nitrogens with two attached hydrogens (primary N) is 2. The summed E-state index contributed by atoms with van der Waals surface area (Å²) in [5, 5.41) is 0. The highest BCUT2D eigenvalue weighted by molar-refractivity contribution is 8.01. The van der Waals surface area contributed by atoms with E-state index in [9.17, 15) is 4.79 Å². The van der Waals surface area contributed by atoms with Gasteiger partial charge in [-0.2, -0.15) is 4.37 Å². The van der Waals surface area contributed by atoms with Crippen LogP contribution in [0.5, 0.6) is 0 Å². The summed E-state index contributed by atoms with van der Waals surface area (Å²) in [6, 6.07) is 0. The molecule has 1 amide bonds. The Hall–Kier alpha value is -0.660. The molecule has 1 aromatic rings. The Kier molecular flexibility index (Phi) is 4.06. The van der Waals surface area contributed by atoms with Crippen LogP contribution in [-0.2, 0) is 11.2 Å². The molecule has 1 rings (SSSR count). The molecule has 0 aliphatic carbocycles. The SMILES string of the molecule is CCc1nsc(SCC(C)(N)C(N)=O)n1. The summed E-state index contributed by atoms with van der Waals surface area (Å²) < 4.78 is 4.96. The second-order valence-electron chi connectivity index (χ2n) is 3.40. The number of hydrogen-bond acceptors (Lipinski definition) is 6. The summed E-state index contributed by atoms with van der Waals surface area (Å²) in [4.78, 5) is 15.2. The molecule has 0 aromatic carbocycles. The van der Waals surface area contributed by atoms with E-state index < -0.39 is 11.4 Å². The maximum atomic E-state index is 11.0. The van der Waals surface area contributed by atoms with Crippen LogP contribution in [0.1, 0.15) is 19.7 Å². The average Bonchev–Trinajstić information content (AvgIpc) is 2.62. The van der Waals surface area contributed by atoms with Gasteiger partial charge in [-0.3, -0.25) is 4.79 Å². The number of thioether (sulfide) groups is 1. The topological polar surface area (TPSA) is 94.9 Å². The minimum atomic E-state index is -0.997. The molecule has 1 heterocycles. The van der Waals surface area contributed by atoms with Gasteiger partial charge in [-0.1, -0.05) is 18.7 Å². The number of hydrogen-bond donors (Lipinski definition) is 2. The minimum absolute atomic E-state index is 0.417. The summed E-state index contributed by atoms with van der Waals surface area (Å²) >= 11 is 2.73. The highest BCUT2D eigenvalue weighted by atomic mass is 32.2. The van der Waals surface area contributed by atoms with Crippen molar-refractivity contribution >= 4 is 29.2 Å². The van der Waals surface area contributed by atoms with Crippen molar-refractivity contribution in [1.29, 1.82) is 0 Å². The van der Waals surface area contributed by atoms with Crippen LogP contribution in [0.3, 0.4) is 0 Å². The number of nitrogens with zero attached hydrogens (tertiary/aromatic N) is 2. The van der Waals surface area contributed by atoms with Gasteiger partial charge in [0.1, 0.15) is 11.4 Å². The highest BCUT2D eigenvalue weighted by Gasteiger charge is 2.26. The van der Waals surface area contributed by atoms with Gasteiger partial charge < -0.3 is 11.5 Å². The Morgan fingerprint density at radius 3 is 2.80 bits per heavy atom. The Balaban J connectivity index is 2.53. The Morgan fingerprint density at radius 2 is 2.33 bits per heavy atom. The third-order valence-corrected chi connectivity index (χ3v) is 4.03. The van der Waals surface area contributed by atoms with Gasteiger partial charge in [0.25, 0.3) is 0 Å². The van der Waals surface area contributed by atoms with E-state index in [1.807, 2.05) is 6.92 Å². The van der Waals surface area contributed by atoms with E-state index in [0.29, 0.717) is 5.75 Å². The Morgan fingerprint density at radius 1 is 1.67 bits per heavy atom. The van der Waals surface area contributed by atoms with Crippen molar-refractivity contribution in [3.63, 3.8) is 0 Å². The molecule has 0 bridgehead atoms. The second-order valence-corrected chi connectivity index (χ2v) is 5.37. The van der Waals surface area contributed by atoms with E-state index in [4.69, 9.17) is 11.5 Å². The molecular weight excluding hydrogens is 232 g/mol. The van der Waals surface area contributed by atoms with Crippen LogP contribution >= 0.6 is 23.3 Å². The summed E-state index contributed by atoms with van der Waals surface area (Å²) in [7, 11) is 0. The fourth-order valence-electron chi connectivity index (χ4n) is 0.723. The summed E-state index contributed by atoms with van der Waals surface area (Å²) in [5.41, 5.74) is 9.87. The monoisotopic (exact) mass is 246 g/mol. The average molecular weight is 246 g/mol. The highest BCUT2D eigenvalue weighted by Crippen LogP contribution is 2.23. The Labute approximate surface area is 96.8 Å². The molecule has 1 unspecified atom stereocenters. The maximum absolute atomic E-state index is 11.0. The van der Waals surface area contributed by atoms with Crippen molar-refractivity contribution in [3.05, 3.63) is 5.82 Å². The van der Waals surface area contributed by atoms with Crippen molar-refractivity contribution in [2.75, 3.05) is 5.75 Å². The largest absolute Gasteiger partial charge is 0.368 e. The molecule has 0 aliphatic rings.